The van der Waals surface area contributed by atoms with E-state index in [-0.39, 0.29) is 12.3 Å². The minimum Gasteiger partial charge on any atom is -0.548 e. The Morgan fingerprint density at radius 1 is 1.29 bits per heavy atom. The second-order valence-corrected chi connectivity index (χ2v) is 3.99. The van der Waals surface area contributed by atoms with E-state index < -0.39 is 5.97 Å². The summed E-state index contributed by atoms with van der Waals surface area (Å²) in [6.45, 7) is 3.00. The molecule has 2 aromatic rings. The van der Waals surface area contributed by atoms with Crippen molar-refractivity contribution < 1.29 is 14.7 Å². The number of fused-ring (bicyclic) bond motifs is 1. The number of Topliss-reactive ketones (excluding diaryl/α,β-unsaturated/α-hetero) is 1. The molecule has 0 saturated heterocycles. The van der Waals surface area contributed by atoms with Gasteiger partial charge >= 0.3 is 0 Å². The summed E-state index contributed by atoms with van der Waals surface area (Å²) < 4.78 is 1.60. The van der Waals surface area contributed by atoms with Gasteiger partial charge in [-0.25, -0.2) is 0 Å². The van der Waals surface area contributed by atoms with Gasteiger partial charge in [-0.2, -0.15) is 0 Å². The summed E-state index contributed by atoms with van der Waals surface area (Å²) in [6, 6.07) is 7.28. The van der Waals surface area contributed by atoms with Crippen LogP contribution in [0.15, 0.2) is 24.3 Å². The number of aromatic nitrogens is 1. The molecule has 88 valence electrons. The first-order valence-corrected chi connectivity index (χ1v) is 5.31. The number of para-hydroxylation sites is 1. The summed E-state index contributed by atoms with van der Waals surface area (Å²) in [5.74, 6) is -1.22. The van der Waals surface area contributed by atoms with Crippen molar-refractivity contribution in [2.75, 3.05) is 0 Å². The third-order valence-electron chi connectivity index (χ3n) is 2.87. The first-order valence-electron chi connectivity index (χ1n) is 5.31. The quantitative estimate of drug-likeness (QED) is 0.736. The molecule has 0 aliphatic carbocycles. The lowest BCUT2D eigenvalue weighted by Gasteiger charge is -2.08. The summed E-state index contributed by atoms with van der Waals surface area (Å²) in [7, 11) is 0. The predicted molar refractivity (Wildman–Crippen MR) is 61.7 cm³/mol. The second kappa shape index (κ2) is 4.05. The largest absolute Gasteiger partial charge is 0.548 e. The number of rotatable bonds is 3. The normalized spacial score (nSPS) is 10.7. The van der Waals surface area contributed by atoms with Crippen molar-refractivity contribution in [2.45, 2.75) is 20.4 Å². The van der Waals surface area contributed by atoms with Crippen molar-refractivity contribution in [3.63, 3.8) is 0 Å². The van der Waals surface area contributed by atoms with Crippen LogP contribution in [0.1, 0.15) is 23.0 Å². The molecule has 0 unspecified atom stereocenters. The van der Waals surface area contributed by atoms with Crippen molar-refractivity contribution in [2.24, 2.45) is 0 Å². The average molecular weight is 230 g/mol. The number of aliphatic carboxylic acids is 1. The van der Waals surface area contributed by atoms with E-state index in [1.54, 1.807) is 17.6 Å². The molecule has 0 aliphatic rings. The van der Waals surface area contributed by atoms with Crippen LogP contribution in [-0.2, 0) is 11.3 Å². The maximum absolute atomic E-state index is 11.6. The Balaban J connectivity index is 2.79. The average Bonchev–Trinajstić information content (AvgIpc) is 2.52. The first kappa shape index (κ1) is 11.4. The van der Waals surface area contributed by atoms with Gasteiger partial charge in [0, 0.05) is 22.2 Å². The summed E-state index contributed by atoms with van der Waals surface area (Å²) in [5, 5.41) is 11.5. The highest BCUT2D eigenvalue weighted by molar-refractivity contribution is 6.08. The van der Waals surface area contributed by atoms with Crippen LogP contribution < -0.4 is 5.11 Å². The molecule has 0 bridgehead atoms. The van der Waals surface area contributed by atoms with Crippen molar-refractivity contribution in [1.82, 2.24) is 4.57 Å². The molecular formula is C13H12NO3-. The molecule has 4 nitrogen and oxygen atoms in total. The van der Waals surface area contributed by atoms with Gasteiger partial charge in [0.2, 0.25) is 0 Å². The third kappa shape index (κ3) is 1.82. The van der Waals surface area contributed by atoms with Crippen molar-refractivity contribution in [3.8, 4) is 0 Å². The highest BCUT2D eigenvalue weighted by Crippen LogP contribution is 2.25. The molecule has 1 aromatic heterocycles. The lowest BCUT2D eigenvalue weighted by atomic mass is 10.1. The van der Waals surface area contributed by atoms with E-state index in [0.717, 1.165) is 10.9 Å². The number of carboxylic acids is 1. The molecule has 0 radical (unpaired) electrons. The summed E-state index contributed by atoms with van der Waals surface area (Å²) in [5.41, 5.74) is 2.00. The molecule has 0 N–H and O–H groups in total. The van der Waals surface area contributed by atoms with Crippen LogP contribution >= 0.6 is 0 Å². The van der Waals surface area contributed by atoms with Gasteiger partial charge in [0.25, 0.3) is 0 Å². The van der Waals surface area contributed by atoms with Gasteiger partial charge in [0.1, 0.15) is 0 Å². The van der Waals surface area contributed by atoms with Gasteiger partial charge in [-0.1, -0.05) is 18.2 Å². The van der Waals surface area contributed by atoms with Crippen LogP contribution in [0.5, 0.6) is 0 Å². The number of nitrogens with zero attached hydrogens (tertiary/aromatic N) is 1. The monoisotopic (exact) mass is 230 g/mol. The zero-order valence-electron chi connectivity index (χ0n) is 9.69. The summed E-state index contributed by atoms with van der Waals surface area (Å²) in [4.78, 5) is 22.3. The molecule has 0 atom stereocenters. The molecule has 0 spiro atoms. The Morgan fingerprint density at radius 3 is 2.53 bits per heavy atom. The molecule has 2 rings (SSSR count). The van der Waals surface area contributed by atoms with Crippen LogP contribution in [0.3, 0.4) is 0 Å². The fourth-order valence-corrected chi connectivity index (χ4v) is 2.21. The number of carboxylic acid groups (broad SMARTS) is 1. The Labute approximate surface area is 98.5 Å². The predicted octanol–water partition coefficient (Wildman–Crippen LogP) is 0.902. The fourth-order valence-electron chi connectivity index (χ4n) is 2.21. The van der Waals surface area contributed by atoms with E-state index >= 15 is 0 Å². The zero-order valence-corrected chi connectivity index (χ0v) is 9.69. The molecular weight excluding hydrogens is 218 g/mol. The minimum atomic E-state index is -1.16. The van der Waals surface area contributed by atoms with Gasteiger partial charge in [-0.3, -0.25) is 4.79 Å². The van der Waals surface area contributed by atoms with Crippen LogP contribution in [0.2, 0.25) is 0 Å². The third-order valence-corrected chi connectivity index (χ3v) is 2.87. The lowest BCUT2D eigenvalue weighted by Crippen LogP contribution is -2.27. The molecule has 0 amide bonds. The fraction of sp³-hybridized carbons (Fsp3) is 0.231. The standard InChI is InChI=1S/C13H13NO3/c1-8-13(9(2)15)10-5-3-4-6-11(10)14(8)7-12(16)17/h3-6H,7H2,1-2H3,(H,16,17)/p-1. The van der Waals surface area contributed by atoms with Crippen molar-refractivity contribution >= 4 is 22.7 Å². The second-order valence-electron chi connectivity index (χ2n) is 3.99. The van der Waals surface area contributed by atoms with Gasteiger partial charge in [0.15, 0.2) is 5.78 Å². The Hall–Kier alpha value is -2.10. The number of ketones is 1. The Kier molecular flexibility index (Phi) is 2.71. The van der Waals surface area contributed by atoms with Crippen LogP contribution in [0, 0.1) is 6.92 Å². The van der Waals surface area contributed by atoms with Crippen molar-refractivity contribution in [3.05, 3.63) is 35.5 Å². The minimum absolute atomic E-state index is 0.0594. The molecule has 1 aromatic carbocycles. The van der Waals surface area contributed by atoms with E-state index in [1.165, 1.54) is 6.92 Å². The number of hydrogen-bond donors (Lipinski definition) is 0. The molecule has 0 fully saturated rings. The van der Waals surface area contributed by atoms with E-state index in [9.17, 15) is 14.7 Å². The van der Waals surface area contributed by atoms with Crippen molar-refractivity contribution in [1.29, 1.82) is 0 Å². The Morgan fingerprint density at radius 2 is 1.94 bits per heavy atom. The van der Waals surface area contributed by atoms with Crippen LogP contribution in [0.25, 0.3) is 10.9 Å². The highest BCUT2D eigenvalue weighted by atomic mass is 16.4. The van der Waals surface area contributed by atoms with E-state index in [4.69, 9.17) is 0 Å². The summed E-state index contributed by atoms with van der Waals surface area (Å²) in [6.07, 6.45) is 0. The molecule has 17 heavy (non-hydrogen) atoms. The number of benzene rings is 1. The molecule has 4 heteroatoms. The van der Waals surface area contributed by atoms with Gasteiger partial charge < -0.3 is 14.5 Å². The van der Waals surface area contributed by atoms with Gasteiger partial charge in [-0.05, 0) is 19.9 Å². The van der Waals surface area contributed by atoms with E-state index in [0.29, 0.717) is 11.3 Å². The topological polar surface area (TPSA) is 62.1 Å². The highest BCUT2D eigenvalue weighted by Gasteiger charge is 2.16. The maximum Gasteiger partial charge on any atom is 0.162 e. The smallest absolute Gasteiger partial charge is 0.162 e. The number of carbonyl (C=O) groups excluding carboxylic acids is 2. The SMILES string of the molecule is CC(=O)c1c(C)n(CC(=O)[O-])c2ccccc12. The zero-order chi connectivity index (χ0) is 12.6. The maximum atomic E-state index is 11.6. The van der Waals surface area contributed by atoms with E-state index in [2.05, 4.69) is 0 Å². The van der Waals surface area contributed by atoms with Crippen LogP contribution in [0.4, 0.5) is 0 Å². The number of hydrogen-bond acceptors (Lipinski definition) is 3. The molecule has 0 aliphatic heterocycles. The Bertz CT molecular complexity index is 610. The van der Waals surface area contributed by atoms with E-state index in [1.807, 2.05) is 18.2 Å². The molecule has 1 heterocycles. The van der Waals surface area contributed by atoms with Crippen LogP contribution in [-0.4, -0.2) is 16.3 Å². The summed E-state index contributed by atoms with van der Waals surface area (Å²) >= 11 is 0. The van der Waals surface area contributed by atoms with Gasteiger partial charge in [-0.15, -0.1) is 0 Å². The van der Waals surface area contributed by atoms with Gasteiger partial charge in [0.05, 0.1) is 12.5 Å². The molecule has 0 saturated carbocycles. The first-order chi connectivity index (χ1) is 8.02. The lowest BCUT2D eigenvalue weighted by molar-refractivity contribution is -0.306. The number of carbonyl (C=O) groups is 2.